The predicted octanol–water partition coefficient (Wildman–Crippen LogP) is 4.23. The molecule has 2 aromatic carbocycles. The van der Waals surface area contributed by atoms with Gasteiger partial charge in [-0.15, -0.1) is 0 Å². The SMILES string of the molecule is COC(=O)CC(=O)CC(O)/C=C/C(C)=C(c1ccc(F)cc1)c1ccc(F)cc1. The molecule has 0 aromatic heterocycles. The van der Waals surface area contributed by atoms with Gasteiger partial charge in [0.1, 0.15) is 23.8 Å². The van der Waals surface area contributed by atoms with E-state index in [1.54, 1.807) is 37.3 Å². The Morgan fingerprint density at radius 2 is 1.48 bits per heavy atom. The Kier molecular flexibility index (Phi) is 7.98. The molecule has 0 bridgehead atoms. The van der Waals surface area contributed by atoms with Gasteiger partial charge in [-0.05, 0) is 53.5 Å². The molecule has 0 saturated heterocycles. The van der Waals surface area contributed by atoms with Crippen LogP contribution in [0.5, 0.6) is 0 Å². The summed E-state index contributed by atoms with van der Waals surface area (Å²) in [5.41, 5.74) is 2.89. The molecule has 4 nitrogen and oxygen atoms in total. The number of Topliss-reactive ketones (excluding diaryl/α,β-unsaturated/α-hetero) is 1. The van der Waals surface area contributed by atoms with Crippen LogP contribution in [0.2, 0.25) is 0 Å². The summed E-state index contributed by atoms with van der Waals surface area (Å²) < 4.78 is 31.1. The van der Waals surface area contributed by atoms with Crippen molar-refractivity contribution in [2.45, 2.75) is 25.9 Å². The van der Waals surface area contributed by atoms with Crippen molar-refractivity contribution < 1.29 is 28.2 Å². The highest BCUT2D eigenvalue weighted by Crippen LogP contribution is 2.28. The summed E-state index contributed by atoms with van der Waals surface area (Å²) in [6.07, 6.45) is 1.38. The van der Waals surface area contributed by atoms with Crippen LogP contribution in [-0.2, 0) is 14.3 Å². The molecule has 0 aliphatic rings. The van der Waals surface area contributed by atoms with Crippen molar-refractivity contribution in [3.8, 4) is 0 Å². The van der Waals surface area contributed by atoms with E-state index >= 15 is 0 Å². The summed E-state index contributed by atoms with van der Waals surface area (Å²) in [6, 6.07) is 11.8. The van der Waals surface area contributed by atoms with E-state index in [-0.39, 0.29) is 18.1 Å². The van der Waals surface area contributed by atoms with Crippen molar-refractivity contribution in [2.24, 2.45) is 0 Å². The van der Waals surface area contributed by atoms with Crippen molar-refractivity contribution >= 4 is 17.3 Å². The van der Waals surface area contributed by atoms with E-state index in [2.05, 4.69) is 4.74 Å². The Labute approximate surface area is 168 Å². The number of aliphatic hydroxyl groups is 1. The maximum absolute atomic E-state index is 13.3. The van der Waals surface area contributed by atoms with Crippen molar-refractivity contribution in [1.82, 2.24) is 0 Å². The lowest BCUT2D eigenvalue weighted by Crippen LogP contribution is -2.15. The van der Waals surface area contributed by atoms with Gasteiger partial charge in [-0.3, -0.25) is 9.59 Å². The van der Waals surface area contributed by atoms with E-state index < -0.39 is 24.3 Å². The van der Waals surface area contributed by atoms with Crippen LogP contribution in [0.1, 0.15) is 30.9 Å². The lowest BCUT2D eigenvalue weighted by atomic mass is 9.93. The third-order valence-electron chi connectivity index (χ3n) is 4.23. The molecule has 0 fully saturated rings. The van der Waals surface area contributed by atoms with Gasteiger partial charge in [0.15, 0.2) is 0 Å². The smallest absolute Gasteiger partial charge is 0.313 e. The molecular weight excluding hydrogens is 378 g/mol. The Hall–Kier alpha value is -3.12. The van der Waals surface area contributed by atoms with E-state index in [9.17, 15) is 23.5 Å². The van der Waals surface area contributed by atoms with Crippen LogP contribution in [0.4, 0.5) is 8.78 Å². The molecule has 152 valence electrons. The summed E-state index contributed by atoms with van der Waals surface area (Å²) >= 11 is 0. The van der Waals surface area contributed by atoms with Crippen LogP contribution in [-0.4, -0.2) is 30.1 Å². The van der Waals surface area contributed by atoms with E-state index in [4.69, 9.17) is 0 Å². The van der Waals surface area contributed by atoms with Crippen LogP contribution in [0.25, 0.3) is 5.57 Å². The van der Waals surface area contributed by atoms with E-state index in [0.717, 1.165) is 22.3 Å². The number of hydrogen-bond donors (Lipinski definition) is 1. The first-order valence-electron chi connectivity index (χ1n) is 8.97. The Balaban J connectivity index is 2.29. The van der Waals surface area contributed by atoms with Gasteiger partial charge in [-0.1, -0.05) is 36.4 Å². The predicted molar refractivity (Wildman–Crippen MR) is 106 cm³/mol. The summed E-state index contributed by atoms with van der Waals surface area (Å²) in [5, 5.41) is 10.1. The number of allylic oxidation sites excluding steroid dienone is 2. The molecule has 6 heteroatoms. The summed E-state index contributed by atoms with van der Waals surface area (Å²) in [5.74, 6) is -1.84. The second kappa shape index (κ2) is 10.4. The molecule has 2 aromatic rings. The average Bonchev–Trinajstić information content (AvgIpc) is 2.69. The monoisotopic (exact) mass is 400 g/mol. The molecule has 2 rings (SSSR count). The van der Waals surface area contributed by atoms with Gasteiger partial charge in [0.2, 0.25) is 0 Å². The van der Waals surface area contributed by atoms with Crippen molar-refractivity contribution in [1.29, 1.82) is 0 Å². The van der Waals surface area contributed by atoms with E-state index in [1.165, 1.54) is 37.5 Å². The zero-order chi connectivity index (χ0) is 21.4. The van der Waals surface area contributed by atoms with Crippen molar-refractivity contribution in [2.75, 3.05) is 7.11 Å². The lowest BCUT2D eigenvalue weighted by molar-refractivity contribution is -0.143. The minimum Gasteiger partial charge on any atom is -0.469 e. The zero-order valence-corrected chi connectivity index (χ0v) is 16.2. The molecule has 0 aliphatic heterocycles. The second-order valence-corrected chi connectivity index (χ2v) is 6.49. The minimum absolute atomic E-state index is 0.221. The number of esters is 1. The first-order valence-corrected chi connectivity index (χ1v) is 8.97. The fourth-order valence-corrected chi connectivity index (χ4v) is 2.80. The fourth-order valence-electron chi connectivity index (χ4n) is 2.80. The van der Waals surface area contributed by atoms with Gasteiger partial charge >= 0.3 is 5.97 Å². The second-order valence-electron chi connectivity index (χ2n) is 6.49. The number of carbonyl (C=O) groups is 2. The maximum atomic E-state index is 13.3. The summed E-state index contributed by atoms with van der Waals surface area (Å²) in [6.45, 7) is 1.79. The highest BCUT2D eigenvalue weighted by molar-refractivity contribution is 5.95. The first kappa shape index (κ1) is 22.2. The number of aliphatic hydroxyl groups excluding tert-OH is 1. The largest absolute Gasteiger partial charge is 0.469 e. The molecule has 0 radical (unpaired) electrons. The Morgan fingerprint density at radius 3 is 1.93 bits per heavy atom. The Morgan fingerprint density at radius 1 is 1.00 bits per heavy atom. The number of rotatable bonds is 8. The molecule has 0 heterocycles. The number of hydrogen-bond acceptors (Lipinski definition) is 4. The summed E-state index contributed by atoms with van der Waals surface area (Å²) in [7, 11) is 1.19. The quantitative estimate of drug-likeness (QED) is 0.409. The number of ketones is 1. The lowest BCUT2D eigenvalue weighted by Gasteiger charge is -2.12. The minimum atomic E-state index is -1.08. The standard InChI is InChI=1S/C23H22F2O4/c1-15(3-12-20(26)13-21(27)14-22(28)29-2)23(16-4-8-18(24)9-5-16)17-6-10-19(25)11-7-17/h3-12,20,26H,13-14H2,1-2H3/b12-3+. The third kappa shape index (κ3) is 6.76. The van der Waals surface area contributed by atoms with Gasteiger partial charge < -0.3 is 9.84 Å². The molecule has 0 saturated carbocycles. The van der Waals surface area contributed by atoms with E-state index in [1.807, 2.05) is 0 Å². The average molecular weight is 400 g/mol. The van der Waals surface area contributed by atoms with Gasteiger partial charge in [0, 0.05) is 6.42 Å². The van der Waals surface area contributed by atoms with Crippen molar-refractivity contribution in [3.05, 3.63) is 89.0 Å². The molecule has 1 N–H and O–H groups in total. The molecule has 1 unspecified atom stereocenters. The van der Waals surface area contributed by atoms with Gasteiger partial charge in [0.05, 0.1) is 13.2 Å². The van der Waals surface area contributed by atoms with Crippen LogP contribution in [0.15, 0.2) is 66.3 Å². The number of ether oxygens (including phenoxy) is 1. The molecule has 0 spiro atoms. The number of benzene rings is 2. The first-order chi connectivity index (χ1) is 13.8. The number of methoxy groups -OCH3 is 1. The molecule has 29 heavy (non-hydrogen) atoms. The van der Waals surface area contributed by atoms with Crippen LogP contribution >= 0.6 is 0 Å². The van der Waals surface area contributed by atoms with Gasteiger partial charge in [0.25, 0.3) is 0 Å². The van der Waals surface area contributed by atoms with Gasteiger partial charge in [-0.25, -0.2) is 8.78 Å². The number of carbonyl (C=O) groups excluding carboxylic acids is 2. The van der Waals surface area contributed by atoms with Crippen LogP contribution in [0.3, 0.4) is 0 Å². The zero-order valence-electron chi connectivity index (χ0n) is 16.2. The summed E-state index contributed by atoms with van der Waals surface area (Å²) in [4.78, 5) is 22.8. The maximum Gasteiger partial charge on any atom is 0.313 e. The Bertz CT molecular complexity index is 865. The number of halogens is 2. The molecule has 0 amide bonds. The molecule has 0 aliphatic carbocycles. The van der Waals surface area contributed by atoms with Crippen molar-refractivity contribution in [3.63, 3.8) is 0 Å². The van der Waals surface area contributed by atoms with Crippen LogP contribution in [0, 0.1) is 11.6 Å². The van der Waals surface area contributed by atoms with Gasteiger partial charge in [-0.2, -0.15) is 0 Å². The molecular formula is C23H22F2O4. The highest BCUT2D eigenvalue weighted by Gasteiger charge is 2.14. The van der Waals surface area contributed by atoms with E-state index in [0.29, 0.717) is 0 Å². The fraction of sp³-hybridized carbons (Fsp3) is 0.217. The van der Waals surface area contributed by atoms with Crippen LogP contribution < -0.4 is 0 Å². The topological polar surface area (TPSA) is 63.6 Å². The molecule has 1 atom stereocenters. The highest BCUT2D eigenvalue weighted by atomic mass is 19.1. The third-order valence-corrected chi connectivity index (χ3v) is 4.23. The normalized spacial score (nSPS) is 11.9.